The van der Waals surface area contributed by atoms with Crippen molar-refractivity contribution in [3.05, 3.63) is 18.2 Å². The Labute approximate surface area is 106 Å². The van der Waals surface area contributed by atoms with Gasteiger partial charge in [-0.2, -0.15) is 0 Å². The minimum Gasteiger partial charge on any atom is -0.480 e. The summed E-state index contributed by atoms with van der Waals surface area (Å²) in [7, 11) is 1.99. The van der Waals surface area contributed by atoms with Crippen molar-refractivity contribution in [2.75, 3.05) is 19.7 Å². The molecule has 2 rings (SSSR count). The zero-order chi connectivity index (χ0) is 13.0. The normalized spacial score (nSPS) is 18.1. The van der Waals surface area contributed by atoms with E-state index in [1.165, 1.54) is 5.69 Å². The first-order valence-electron chi connectivity index (χ1n) is 6.16. The Hall–Kier alpha value is -1.40. The number of hydrogen-bond acceptors (Lipinski definition) is 4. The minimum absolute atomic E-state index is 0.0869. The molecule has 1 saturated heterocycles. The topological polar surface area (TPSA) is 67.6 Å². The van der Waals surface area contributed by atoms with E-state index in [0.717, 1.165) is 32.5 Å². The fraction of sp³-hybridized carbons (Fsp3) is 0.667. The van der Waals surface area contributed by atoms with Crippen LogP contribution in [0.5, 0.6) is 0 Å². The second-order valence-electron chi connectivity index (χ2n) is 4.68. The van der Waals surface area contributed by atoms with E-state index >= 15 is 0 Å². The van der Waals surface area contributed by atoms with Gasteiger partial charge in [0.05, 0.1) is 18.1 Å². The Morgan fingerprint density at radius 1 is 1.56 bits per heavy atom. The predicted octanol–water partition coefficient (Wildman–Crippen LogP) is 0.486. The van der Waals surface area contributed by atoms with Crippen molar-refractivity contribution < 1.29 is 14.6 Å². The van der Waals surface area contributed by atoms with Gasteiger partial charge in [0.15, 0.2) is 0 Å². The highest BCUT2D eigenvalue weighted by Crippen LogP contribution is 2.15. The fourth-order valence-corrected chi connectivity index (χ4v) is 2.19. The van der Waals surface area contributed by atoms with Gasteiger partial charge in [0.1, 0.15) is 6.61 Å². The van der Waals surface area contributed by atoms with Crippen LogP contribution >= 0.6 is 0 Å². The Bertz CT molecular complexity index is 397. The number of piperidine rings is 1. The number of aliphatic carboxylic acids is 1. The van der Waals surface area contributed by atoms with Crippen LogP contribution in [0, 0.1) is 0 Å². The molecule has 2 heterocycles. The standard InChI is InChI=1S/C12H19N3O3/c1-14-9-13-6-10(14)7-15-4-2-11(3-5-15)18-8-12(16)17/h6,9,11H,2-5,7-8H2,1H3,(H,16,17). The van der Waals surface area contributed by atoms with Gasteiger partial charge < -0.3 is 14.4 Å². The average Bonchev–Trinajstić information content (AvgIpc) is 2.74. The number of carbonyl (C=O) groups is 1. The van der Waals surface area contributed by atoms with Gasteiger partial charge in [-0.05, 0) is 12.8 Å². The molecule has 0 radical (unpaired) electrons. The molecule has 0 bridgehead atoms. The zero-order valence-electron chi connectivity index (χ0n) is 10.6. The highest BCUT2D eigenvalue weighted by molar-refractivity contribution is 5.68. The number of carboxylic acids is 1. The molecule has 0 spiro atoms. The summed E-state index contributed by atoms with van der Waals surface area (Å²) in [4.78, 5) is 16.9. The number of likely N-dealkylation sites (tertiary alicyclic amines) is 1. The quantitative estimate of drug-likeness (QED) is 0.827. The van der Waals surface area contributed by atoms with Crippen molar-refractivity contribution in [3.8, 4) is 0 Å². The smallest absolute Gasteiger partial charge is 0.329 e. The van der Waals surface area contributed by atoms with Gasteiger partial charge in [-0.1, -0.05) is 0 Å². The number of carboxylic acid groups (broad SMARTS) is 1. The summed E-state index contributed by atoms with van der Waals surface area (Å²) in [6.07, 6.45) is 5.56. The molecule has 0 aliphatic carbocycles. The molecule has 1 aromatic heterocycles. The highest BCUT2D eigenvalue weighted by atomic mass is 16.5. The summed E-state index contributed by atoms with van der Waals surface area (Å²) in [5.74, 6) is -0.896. The van der Waals surface area contributed by atoms with Crippen LogP contribution in [0.15, 0.2) is 12.5 Å². The van der Waals surface area contributed by atoms with E-state index in [1.807, 2.05) is 17.8 Å². The van der Waals surface area contributed by atoms with Gasteiger partial charge in [-0.3, -0.25) is 4.90 Å². The number of rotatable bonds is 5. The summed E-state index contributed by atoms with van der Waals surface area (Å²) in [5.41, 5.74) is 1.19. The maximum absolute atomic E-state index is 10.4. The molecule has 6 heteroatoms. The fourth-order valence-electron chi connectivity index (χ4n) is 2.19. The lowest BCUT2D eigenvalue weighted by Crippen LogP contribution is -2.37. The second kappa shape index (κ2) is 5.97. The van der Waals surface area contributed by atoms with Gasteiger partial charge in [0.25, 0.3) is 0 Å². The van der Waals surface area contributed by atoms with Gasteiger partial charge in [-0.15, -0.1) is 0 Å². The summed E-state index contributed by atoms with van der Waals surface area (Å²) in [5, 5.41) is 8.55. The van der Waals surface area contributed by atoms with Crippen molar-refractivity contribution in [2.45, 2.75) is 25.5 Å². The van der Waals surface area contributed by atoms with Crippen LogP contribution in [0.1, 0.15) is 18.5 Å². The summed E-state index contributed by atoms with van der Waals surface area (Å²) >= 11 is 0. The number of ether oxygens (including phenoxy) is 1. The maximum atomic E-state index is 10.4. The summed E-state index contributed by atoms with van der Waals surface area (Å²) < 4.78 is 7.33. The number of imidazole rings is 1. The molecule has 0 atom stereocenters. The monoisotopic (exact) mass is 253 g/mol. The Morgan fingerprint density at radius 2 is 2.28 bits per heavy atom. The molecule has 1 aromatic rings. The Morgan fingerprint density at radius 3 is 2.83 bits per heavy atom. The number of aryl methyl sites for hydroxylation is 1. The predicted molar refractivity (Wildman–Crippen MR) is 65.1 cm³/mol. The molecule has 0 saturated carbocycles. The van der Waals surface area contributed by atoms with E-state index in [4.69, 9.17) is 9.84 Å². The highest BCUT2D eigenvalue weighted by Gasteiger charge is 2.20. The van der Waals surface area contributed by atoms with Crippen molar-refractivity contribution in [1.29, 1.82) is 0 Å². The third-order valence-corrected chi connectivity index (χ3v) is 3.28. The number of hydrogen-bond donors (Lipinski definition) is 1. The van der Waals surface area contributed by atoms with Gasteiger partial charge in [0, 0.05) is 32.9 Å². The van der Waals surface area contributed by atoms with E-state index in [1.54, 1.807) is 6.33 Å². The van der Waals surface area contributed by atoms with Crippen LogP contribution in [0.3, 0.4) is 0 Å². The molecule has 1 aliphatic rings. The molecular formula is C12H19N3O3. The number of aromatic nitrogens is 2. The van der Waals surface area contributed by atoms with Crippen molar-refractivity contribution >= 4 is 5.97 Å². The van der Waals surface area contributed by atoms with Crippen LogP contribution < -0.4 is 0 Å². The first-order valence-corrected chi connectivity index (χ1v) is 6.16. The lowest BCUT2D eigenvalue weighted by molar-refractivity contribution is -0.145. The first-order chi connectivity index (χ1) is 8.65. The van der Waals surface area contributed by atoms with Gasteiger partial charge in [0.2, 0.25) is 0 Å². The van der Waals surface area contributed by atoms with Crippen LogP contribution in [0.4, 0.5) is 0 Å². The van der Waals surface area contributed by atoms with Crippen LogP contribution in [-0.2, 0) is 23.1 Å². The Balaban J connectivity index is 1.73. The average molecular weight is 253 g/mol. The van der Waals surface area contributed by atoms with E-state index in [-0.39, 0.29) is 12.7 Å². The number of nitrogens with zero attached hydrogens (tertiary/aromatic N) is 3. The zero-order valence-corrected chi connectivity index (χ0v) is 10.6. The molecular weight excluding hydrogens is 234 g/mol. The van der Waals surface area contributed by atoms with Crippen LogP contribution in [0.2, 0.25) is 0 Å². The molecule has 100 valence electrons. The molecule has 6 nitrogen and oxygen atoms in total. The summed E-state index contributed by atoms with van der Waals surface area (Å²) in [6.45, 7) is 2.58. The Kier molecular flexibility index (Phi) is 4.33. The molecule has 18 heavy (non-hydrogen) atoms. The molecule has 0 unspecified atom stereocenters. The summed E-state index contributed by atoms with van der Waals surface area (Å²) in [6, 6.07) is 0. The van der Waals surface area contributed by atoms with Crippen molar-refractivity contribution in [2.24, 2.45) is 7.05 Å². The third kappa shape index (κ3) is 3.54. The van der Waals surface area contributed by atoms with E-state index in [0.29, 0.717) is 0 Å². The molecule has 1 N–H and O–H groups in total. The van der Waals surface area contributed by atoms with Crippen LogP contribution in [-0.4, -0.2) is 51.3 Å². The van der Waals surface area contributed by atoms with Crippen molar-refractivity contribution in [1.82, 2.24) is 14.5 Å². The minimum atomic E-state index is -0.896. The van der Waals surface area contributed by atoms with E-state index in [9.17, 15) is 4.79 Å². The third-order valence-electron chi connectivity index (χ3n) is 3.28. The largest absolute Gasteiger partial charge is 0.480 e. The lowest BCUT2D eigenvalue weighted by Gasteiger charge is -2.31. The molecule has 0 amide bonds. The van der Waals surface area contributed by atoms with Gasteiger partial charge in [-0.25, -0.2) is 9.78 Å². The second-order valence-corrected chi connectivity index (χ2v) is 4.68. The van der Waals surface area contributed by atoms with E-state index in [2.05, 4.69) is 9.88 Å². The van der Waals surface area contributed by atoms with Gasteiger partial charge >= 0.3 is 5.97 Å². The SMILES string of the molecule is Cn1cncc1CN1CCC(OCC(=O)O)CC1. The van der Waals surface area contributed by atoms with E-state index < -0.39 is 5.97 Å². The van der Waals surface area contributed by atoms with Crippen LogP contribution in [0.25, 0.3) is 0 Å². The van der Waals surface area contributed by atoms with Crippen molar-refractivity contribution in [3.63, 3.8) is 0 Å². The molecule has 1 aliphatic heterocycles. The maximum Gasteiger partial charge on any atom is 0.329 e. The lowest BCUT2D eigenvalue weighted by atomic mass is 10.1. The first kappa shape index (κ1) is 13.0. The molecule has 1 fully saturated rings. The molecule has 0 aromatic carbocycles.